The van der Waals surface area contributed by atoms with Gasteiger partial charge in [-0.2, -0.15) is 5.10 Å². The maximum Gasteiger partial charge on any atom is 0.339 e. The van der Waals surface area contributed by atoms with Crippen LogP contribution in [0.2, 0.25) is 0 Å². The number of aromatic amines is 1. The molecule has 1 aromatic carbocycles. The third-order valence-corrected chi connectivity index (χ3v) is 2.75. The van der Waals surface area contributed by atoms with Crippen LogP contribution in [0.3, 0.4) is 0 Å². The lowest BCUT2D eigenvalue weighted by Crippen LogP contribution is -1.97. The first-order valence-electron chi connectivity index (χ1n) is 5.08. The normalized spacial score (nSPS) is 10.5. The van der Waals surface area contributed by atoms with E-state index in [-0.39, 0.29) is 11.3 Å². The largest absolute Gasteiger partial charge is 0.507 e. The molecule has 0 radical (unpaired) electrons. The van der Waals surface area contributed by atoms with E-state index in [1.807, 2.05) is 13.8 Å². The minimum atomic E-state index is -1.08. The highest BCUT2D eigenvalue weighted by atomic mass is 16.4. The van der Waals surface area contributed by atoms with Gasteiger partial charge in [0, 0.05) is 5.56 Å². The van der Waals surface area contributed by atoms with E-state index in [4.69, 9.17) is 5.11 Å². The summed E-state index contributed by atoms with van der Waals surface area (Å²) >= 11 is 0. The zero-order valence-corrected chi connectivity index (χ0v) is 9.48. The maximum atomic E-state index is 11.0. The molecule has 0 aliphatic carbocycles. The molecule has 1 aromatic heterocycles. The molecule has 0 spiro atoms. The second-order valence-electron chi connectivity index (χ2n) is 3.92. The van der Waals surface area contributed by atoms with Crippen molar-refractivity contribution in [1.29, 1.82) is 0 Å². The Morgan fingerprint density at radius 3 is 2.59 bits per heavy atom. The van der Waals surface area contributed by atoms with Crippen LogP contribution in [-0.2, 0) is 0 Å². The Hall–Kier alpha value is -2.30. The molecule has 0 bridgehead atoms. The van der Waals surface area contributed by atoms with Gasteiger partial charge < -0.3 is 10.2 Å². The number of aromatic nitrogens is 2. The maximum absolute atomic E-state index is 11.0. The van der Waals surface area contributed by atoms with Crippen LogP contribution in [0.1, 0.15) is 21.5 Å². The molecular formula is C12H12N2O3. The number of hydrogen-bond donors (Lipinski definition) is 3. The lowest BCUT2D eigenvalue weighted by molar-refractivity contribution is 0.0698. The Balaban J connectivity index is 2.64. The first-order chi connectivity index (χ1) is 8.00. The molecule has 0 saturated carbocycles. The number of aromatic hydroxyl groups is 1. The molecule has 0 aliphatic rings. The fourth-order valence-electron chi connectivity index (χ4n) is 1.65. The topological polar surface area (TPSA) is 86.2 Å². The molecule has 0 saturated heterocycles. The van der Waals surface area contributed by atoms with E-state index >= 15 is 0 Å². The van der Waals surface area contributed by atoms with Crippen molar-refractivity contribution < 1.29 is 15.0 Å². The van der Waals surface area contributed by atoms with Gasteiger partial charge in [0.2, 0.25) is 0 Å². The fourth-order valence-corrected chi connectivity index (χ4v) is 1.65. The first kappa shape index (κ1) is 11.2. The van der Waals surface area contributed by atoms with Crippen LogP contribution < -0.4 is 0 Å². The van der Waals surface area contributed by atoms with Crippen molar-refractivity contribution in [3.05, 3.63) is 35.0 Å². The number of nitrogens with zero attached hydrogens (tertiary/aromatic N) is 1. The van der Waals surface area contributed by atoms with E-state index in [0.29, 0.717) is 11.3 Å². The summed E-state index contributed by atoms with van der Waals surface area (Å²) in [5.74, 6) is -1.04. The van der Waals surface area contributed by atoms with Crippen molar-refractivity contribution >= 4 is 5.97 Å². The second kappa shape index (κ2) is 3.93. The SMILES string of the molecule is Cc1cc(O)c(-c2[nH]ncc2C(=O)O)cc1C. The number of phenols is 1. The lowest BCUT2D eigenvalue weighted by Gasteiger charge is -2.07. The first-order valence-corrected chi connectivity index (χ1v) is 5.08. The van der Waals surface area contributed by atoms with Gasteiger partial charge in [-0.15, -0.1) is 0 Å². The summed E-state index contributed by atoms with van der Waals surface area (Å²) in [6.07, 6.45) is 1.23. The van der Waals surface area contributed by atoms with Crippen LogP contribution in [0.25, 0.3) is 11.3 Å². The molecule has 5 heteroatoms. The van der Waals surface area contributed by atoms with Gasteiger partial charge in [0.05, 0.1) is 11.9 Å². The van der Waals surface area contributed by atoms with Crippen LogP contribution in [0.5, 0.6) is 5.75 Å². The molecule has 3 N–H and O–H groups in total. The number of rotatable bonds is 2. The fraction of sp³-hybridized carbons (Fsp3) is 0.167. The van der Waals surface area contributed by atoms with E-state index in [1.165, 1.54) is 6.20 Å². The van der Waals surface area contributed by atoms with Crippen LogP contribution in [-0.4, -0.2) is 26.4 Å². The molecule has 0 atom stereocenters. The van der Waals surface area contributed by atoms with Gasteiger partial charge in [-0.3, -0.25) is 5.10 Å². The van der Waals surface area contributed by atoms with Crippen molar-refractivity contribution in [3.63, 3.8) is 0 Å². The minimum absolute atomic E-state index is 0.0415. The number of benzene rings is 1. The van der Waals surface area contributed by atoms with Crippen LogP contribution in [0.15, 0.2) is 18.3 Å². The summed E-state index contributed by atoms with van der Waals surface area (Å²) in [6.45, 7) is 3.78. The Labute approximate surface area is 97.7 Å². The Bertz CT molecular complexity index is 587. The van der Waals surface area contributed by atoms with Crippen molar-refractivity contribution in [3.8, 4) is 17.0 Å². The molecule has 88 valence electrons. The van der Waals surface area contributed by atoms with Crippen molar-refractivity contribution in [2.24, 2.45) is 0 Å². The molecule has 0 amide bonds. The highest BCUT2D eigenvalue weighted by Gasteiger charge is 2.17. The van der Waals surface area contributed by atoms with Crippen molar-refractivity contribution in [2.75, 3.05) is 0 Å². The van der Waals surface area contributed by atoms with Gasteiger partial charge in [0.1, 0.15) is 11.3 Å². The number of carboxylic acid groups (broad SMARTS) is 1. The monoisotopic (exact) mass is 232 g/mol. The summed E-state index contributed by atoms with van der Waals surface area (Å²) in [4.78, 5) is 11.0. The quantitative estimate of drug-likeness (QED) is 0.740. The van der Waals surface area contributed by atoms with E-state index in [9.17, 15) is 9.90 Å². The number of phenolic OH excluding ortho intramolecular Hbond substituents is 1. The van der Waals surface area contributed by atoms with Crippen molar-refractivity contribution in [1.82, 2.24) is 10.2 Å². The molecule has 2 aromatic rings. The summed E-state index contributed by atoms with van der Waals surface area (Å²) in [5.41, 5.74) is 2.73. The van der Waals surface area contributed by atoms with Gasteiger partial charge >= 0.3 is 5.97 Å². The molecular weight excluding hydrogens is 220 g/mol. The van der Waals surface area contributed by atoms with E-state index in [1.54, 1.807) is 12.1 Å². The molecule has 1 heterocycles. The highest BCUT2D eigenvalue weighted by Crippen LogP contribution is 2.32. The van der Waals surface area contributed by atoms with Crippen molar-refractivity contribution in [2.45, 2.75) is 13.8 Å². The number of aryl methyl sites for hydroxylation is 2. The Morgan fingerprint density at radius 2 is 1.94 bits per heavy atom. The van der Waals surface area contributed by atoms with Crippen LogP contribution in [0, 0.1) is 13.8 Å². The predicted molar refractivity (Wildman–Crippen MR) is 62.1 cm³/mol. The van der Waals surface area contributed by atoms with Crippen LogP contribution >= 0.6 is 0 Å². The van der Waals surface area contributed by atoms with Gasteiger partial charge in [0.25, 0.3) is 0 Å². The van der Waals surface area contributed by atoms with Crippen LogP contribution in [0.4, 0.5) is 0 Å². The molecule has 17 heavy (non-hydrogen) atoms. The Kier molecular flexibility index (Phi) is 2.59. The number of aromatic carboxylic acids is 1. The Morgan fingerprint density at radius 1 is 1.29 bits per heavy atom. The summed E-state index contributed by atoms with van der Waals surface area (Å²) < 4.78 is 0. The zero-order chi connectivity index (χ0) is 12.6. The molecule has 0 aliphatic heterocycles. The predicted octanol–water partition coefficient (Wildman–Crippen LogP) is 2.10. The minimum Gasteiger partial charge on any atom is -0.507 e. The molecule has 0 unspecified atom stereocenters. The van der Waals surface area contributed by atoms with Gasteiger partial charge in [-0.05, 0) is 37.1 Å². The molecule has 5 nitrogen and oxygen atoms in total. The number of carboxylic acids is 1. The number of H-pyrrole nitrogens is 1. The van der Waals surface area contributed by atoms with Gasteiger partial charge in [-0.1, -0.05) is 0 Å². The van der Waals surface area contributed by atoms with E-state index < -0.39 is 5.97 Å². The highest BCUT2D eigenvalue weighted by molar-refractivity contribution is 5.95. The number of nitrogens with one attached hydrogen (secondary N) is 1. The summed E-state index contributed by atoms with van der Waals surface area (Å²) in [6, 6.07) is 3.35. The standard InChI is InChI=1S/C12H12N2O3/c1-6-3-8(10(15)4-7(6)2)11-9(12(16)17)5-13-14-11/h3-5,15H,1-2H3,(H,13,14)(H,16,17). The average molecular weight is 232 g/mol. The average Bonchev–Trinajstić information content (AvgIpc) is 2.72. The van der Waals surface area contributed by atoms with E-state index in [0.717, 1.165) is 11.1 Å². The second-order valence-corrected chi connectivity index (χ2v) is 3.92. The number of hydrogen-bond acceptors (Lipinski definition) is 3. The summed E-state index contributed by atoms with van der Waals surface area (Å²) in [7, 11) is 0. The van der Waals surface area contributed by atoms with Gasteiger partial charge in [0.15, 0.2) is 0 Å². The zero-order valence-electron chi connectivity index (χ0n) is 9.48. The third kappa shape index (κ3) is 1.87. The molecule has 2 rings (SSSR count). The summed E-state index contributed by atoms with van der Waals surface area (Å²) in [5, 5.41) is 25.1. The smallest absolute Gasteiger partial charge is 0.339 e. The van der Waals surface area contributed by atoms with E-state index in [2.05, 4.69) is 10.2 Å². The van der Waals surface area contributed by atoms with Gasteiger partial charge in [-0.25, -0.2) is 4.79 Å². The lowest BCUT2D eigenvalue weighted by atomic mass is 10.0. The third-order valence-electron chi connectivity index (χ3n) is 2.75. The number of carbonyl (C=O) groups is 1. The molecule has 0 fully saturated rings.